The lowest BCUT2D eigenvalue weighted by molar-refractivity contribution is 0.297. The second-order valence-corrected chi connectivity index (χ2v) is 3.99. The van der Waals surface area contributed by atoms with Crippen LogP contribution in [0.3, 0.4) is 0 Å². The van der Waals surface area contributed by atoms with Crippen LogP contribution in [0.25, 0.3) is 0 Å². The Balaban J connectivity index is 2.01. The lowest BCUT2D eigenvalue weighted by atomic mass is 10.1. The molecular formula is C12H15FO. The Kier molecular flexibility index (Phi) is 2.71. The van der Waals surface area contributed by atoms with E-state index in [2.05, 4.69) is 0 Å². The van der Waals surface area contributed by atoms with Gasteiger partial charge in [-0.25, -0.2) is 4.39 Å². The summed E-state index contributed by atoms with van der Waals surface area (Å²) in [6.07, 6.45) is 2.59. The lowest BCUT2D eigenvalue weighted by Gasteiger charge is -2.08. The fourth-order valence-electron chi connectivity index (χ4n) is 1.45. The standard InChI is InChI=1S/C12H15FO/c1-9-6-11(7-13)4-5-12(9)14-8-10-2-3-10/h4-6,10H,2-3,7-8H2,1H3. The molecule has 0 spiro atoms. The number of ether oxygens (including phenoxy) is 1. The third-order valence-electron chi connectivity index (χ3n) is 2.57. The van der Waals surface area contributed by atoms with E-state index < -0.39 is 6.67 Å². The van der Waals surface area contributed by atoms with Gasteiger partial charge in [0.05, 0.1) is 6.61 Å². The molecule has 0 atom stereocenters. The van der Waals surface area contributed by atoms with Crippen molar-refractivity contribution in [2.24, 2.45) is 5.92 Å². The van der Waals surface area contributed by atoms with Crippen LogP contribution in [0.1, 0.15) is 24.0 Å². The third kappa shape index (κ3) is 2.25. The predicted molar refractivity (Wildman–Crippen MR) is 54.2 cm³/mol. The highest BCUT2D eigenvalue weighted by Crippen LogP contribution is 2.30. The molecule has 1 fully saturated rings. The van der Waals surface area contributed by atoms with Crippen LogP contribution < -0.4 is 4.74 Å². The van der Waals surface area contributed by atoms with Crippen LogP contribution in [0, 0.1) is 12.8 Å². The van der Waals surface area contributed by atoms with Gasteiger partial charge in [-0.3, -0.25) is 0 Å². The number of hydrogen-bond donors (Lipinski definition) is 0. The highest BCUT2D eigenvalue weighted by Gasteiger charge is 2.22. The second-order valence-electron chi connectivity index (χ2n) is 3.99. The molecule has 0 unspecified atom stereocenters. The summed E-state index contributed by atoms with van der Waals surface area (Å²) in [5, 5.41) is 0. The van der Waals surface area contributed by atoms with E-state index in [4.69, 9.17) is 4.74 Å². The van der Waals surface area contributed by atoms with Crippen LogP contribution >= 0.6 is 0 Å². The molecule has 0 bridgehead atoms. The van der Waals surface area contributed by atoms with E-state index in [0.29, 0.717) is 0 Å². The fraction of sp³-hybridized carbons (Fsp3) is 0.500. The zero-order chi connectivity index (χ0) is 9.97. The molecule has 1 nitrogen and oxygen atoms in total. The summed E-state index contributed by atoms with van der Waals surface area (Å²) < 4.78 is 18.0. The summed E-state index contributed by atoms with van der Waals surface area (Å²) in [5.74, 6) is 1.66. The number of rotatable bonds is 4. The maximum atomic E-state index is 12.3. The lowest BCUT2D eigenvalue weighted by Crippen LogP contribution is -2.00. The molecule has 0 aliphatic heterocycles. The van der Waals surface area contributed by atoms with Gasteiger partial charge in [-0.1, -0.05) is 6.07 Å². The first-order valence-corrected chi connectivity index (χ1v) is 5.08. The van der Waals surface area contributed by atoms with Crippen LogP contribution in [-0.2, 0) is 6.67 Å². The van der Waals surface area contributed by atoms with Gasteiger partial charge in [-0.15, -0.1) is 0 Å². The minimum Gasteiger partial charge on any atom is -0.493 e. The maximum absolute atomic E-state index is 12.3. The Morgan fingerprint density at radius 3 is 2.79 bits per heavy atom. The molecule has 0 saturated heterocycles. The van der Waals surface area contributed by atoms with Crippen molar-refractivity contribution in [3.05, 3.63) is 29.3 Å². The molecule has 0 amide bonds. The fourth-order valence-corrected chi connectivity index (χ4v) is 1.45. The molecule has 1 aliphatic carbocycles. The maximum Gasteiger partial charge on any atom is 0.122 e. The van der Waals surface area contributed by atoms with Gasteiger partial charge in [0.25, 0.3) is 0 Å². The first kappa shape index (κ1) is 9.50. The summed E-state index contributed by atoms with van der Waals surface area (Å²) in [5.41, 5.74) is 1.75. The zero-order valence-electron chi connectivity index (χ0n) is 8.42. The van der Waals surface area contributed by atoms with Crippen molar-refractivity contribution in [3.63, 3.8) is 0 Å². The van der Waals surface area contributed by atoms with Crippen molar-refractivity contribution in [1.82, 2.24) is 0 Å². The van der Waals surface area contributed by atoms with Crippen molar-refractivity contribution in [2.45, 2.75) is 26.4 Å². The smallest absolute Gasteiger partial charge is 0.122 e. The average molecular weight is 194 g/mol. The van der Waals surface area contributed by atoms with Gasteiger partial charge in [0.15, 0.2) is 0 Å². The molecule has 0 radical (unpaired) electrons. The quantitative estimate of drug-likeness (QED) is 0.714. The zero-order valence-corrected chi connectivity index (χ0v) is 8.42. The minimum absolute atomic E-state index is 0.399. The first-order chi connectivity index (χ1) is 6.79. The van der Waals surface area contributed by atoms with E-state index in [-0.39, 0.29) is 0 Å². The highest BCUT2D eigenvalue weighted by molar-refractivity contribution is 5.36. The van der Waals surface area contributed by atoms with Gasteiger partial charge in [0.2, 0.25) is 0 Å². The molecule has 0 N–H and O–H groups in total. The SMILES string of the molecule is Cc1cc(CF)ccc1OCC1CC1. The van der Waals surface area contributed by atoms with E-state index in [9.17, 15) is 4.39 Å². The Hall–Kier alpha value is -1.05. The summed E-state index contributed by atoms with van der Waals surface area (Å²) in [6, 6.07) is 5.50. The molecule has 0 heterocycles. The summed E-state index contributed by atoms with van der Waals surface area (Å²) >= 11 is 0. The van der Waals surface area contributed by atoms with Gasteiger partial charge in [-0.2, -0.15) is 0 Å². The molecule has 76 valence electrons. The van der Waals surface area contributed by atoms with Crippen molar-refractivity contribution in [1.29, 1.82) is 0 Å². The molecule has 1 aromatic rings. The predicted octanol–water partition coefficient (Wildman–Crippen LogP) is 3.25. The van der Waals surface area contributed by atoms with Crippen LogP contribution in [0.5, 0.6) is 5.75 Å². The third-order valence-corrected chi connectivity index (χ3v) is 2.57. The summed E-state index contributed by atoms with van der Waals surface area (Å²) in [6.45, 7) is 2.38. The van der Waals surface area contributed by atoms with Gasteiger partial charge in [0, 0.05) is 0 Å². The van der Waals surface area contributed by atoms with Gasteiger partial charge < -0.3 is 4.74 Å². The van der Waals surface area contributed by atoms with Crippen LogP contribution in [-0.4, -0.2) is 6.61 Å². The number of aryl methyl sites for hydroxylation is 1. The Morgan fingerprint density at radius 2 is 2.21 bits per heavy atom. The van der Waals surface area contributed by atoms with Gasteiger partial charge in [-0.05, 0) is 48.9 Å². The van der Waals surface area contributed by atoms with E-state index in [1.807, 2.05) is 19.1 Å². The Morgan fingerprint density at radius 1 is 1.43 bits per heavy atom. The van der Waals surface area contributed by atoms with E-state index in [1.54, 1.807) is 6.07 Å². The minimum atomic E-state index is -0.399. The van der Waals surface area contributed by atoms with Crippen LogP contribution in [0.2, 0.25) is 0 Å². The number of alkyl halides is 1. The van der Waals surface area contributed by atoms with Gasteiger partial charge in [0.1, 0.15) is 12.4 Å². The van der Waals surface area contributed by atoms with Crippen molar-refractivity contribution in [2.75, 3.05) is 6.61 Å². The first-order valence-electron chi connectivity index (χ1n) is 5.08. The van der Waals surface area contributed by atoms with Gasteiger partial charge >= 0.3 is 0 Å². The Labute approximate surface area is 83.9 Å². The molecule has 1 aliphatic rings. The molecule has 2 rings (SSSR count). The average Bonchev–Trinajstić information content (AvgIpc) is 2.99. The van der Waals surface area contributed by atoms with E-state index >= 15 is 0 Å². The molecule has 1 aromatic carbocycles. The summed E-state index contributed by atoms with van der Waals surface area (Å²) in [7, 11) is 0. The Bertz CT molecular complexity index is 318. The van der Waals surface area contributed by atoms with E-state index in [0.717, 1.165) is 29.4 Å². The highest BCUT2D eigenvalue weighted by atomic mass is 19.1. The second kappa shape index (κ2) is 3.99. The molecular weight excluding hydrogens is 179 g/mol. The van der Waals surface area contributed by atoms with E-state index in [1.165, 1.54) is 12.8 Å². The molecule has 14 heavy (non-hydrogen) atoms. The van der Waals surface area contributed by atoms with Crippen LogP contribution in [0.15, 0.2) is 18.2 Å². The normalized spacial score (nSPS) is 15.6. The topological polar surface area (TPSA) is 9.23 Å². The number of hydrogen-bond acceptors (Lipinski definition) is 1. The molecule has 1 saturated carbocycles. The van der Waals surface area contributed by atoms with Crippen molar-refractivity contribution >= 4 is 0 Å². The van der Waals surface area contributed by atoms with Crippen LogP contribution in [0.4, 0.5) is 4.39 Å². The summed E-state index contributed by atoms with van der Waals surface area (Å²) in [4.78, 5) is 0. The van der Waals surface area contributed by atoms with Crippen molar-refractivity contribution < 1.29 is 9.13 Å². The number of benzene rings is 1. The largest absolute Gasteiger partial charge is 0.493 e. The molecule has 2 heteroatoms. The van der Waals surface area contributed by atoms with Crippen molar-refractivity contribution in [3.8, 4) is 5.75 Å². The molecule has 0 aromatic heterocycles. The monoisotopic (exact) mass is 194 g/mol. The number of halogens is 1.